The molecule has 0 aliphatic carbocycles. The quantitative estimate of drug-likeness (QED) is 0.0371. The van der Waals surface area contributed by atoms with Gasteiger partial charge >= 0.3 is 0 Å². The zero-order valence-corrected chi connectivity index (χ0v) is 52.0. The highest BCUT2D eigenvalue weighted by Gasteiger charge is 2.49. The molecule has 76 heavy (non-hydrogen) atoms. The number of anilines is 6. The van der Waals surface area contributed by atoms with Gasteiger partial charge in [-0.2, -0.15) is 0 Å². The molecule has 0 bridgehead atoms. The van der Waals surface area contributed by atoms with E-state index >= 15 is 0 Å². The molecule has 0 fully saturated rings. The Labute approximate surface area is 471 Å². The van der Waals surface area contributed by atoms with Crippen molar-refractivity contribution in [2.45, 2.75) is 134 Å². The average molecular weight is 1060 g/mol. The van der Waals surface area contributed by atoms with Crippen LogP contribution in [0.2, 0.25) is 0 Å². The summed E-state index contributed by atoms with van der Waals surface area (Å²) in [5.74, 6) is 0. The molecule has 0 spiro atoms. The van der Waals surface area contributed by atoms with Crippen LogP contribution in [0, 0.1) is 41.5 Å². The number of nitrogens with zero attached hydrogens (tertiary/aromatic N) is 6. The van der Waals surface area contributed by atoms with Gasteiger partial charge < -0.3 is 29.4 Å². The van der Waals surface area contributed by atoms with Crippen LogP contribution < -0.4 is 29.4 Å². The van der Waals surface area contributed by atoms with Gasteiger partial charge in [-0.1, -0.05) is 58.0 Å². The van der Waals surface area contributed by atoms with Crippen molar-refractivity contribution in [2.24, 2.45) is 0 Å². The van der Waals surface area contributed by atoms with E-state index in [-0.39, 0.29) is 0 Å². The number of aryl methyl sites for hydroxylation is 6. The summed E-state index contributed by atoms with van der Waals surface area (Å²) >= 11 is 0. The first-order valence-electron chi connectivity index (χ1n) is 29.1. The molecule has 0 amide bonds. The van der Waals surface area contributed by atoms with Crippen LogP contribution in [0.1, 0.15) is 150 Å². The second-order valence-electron chi connectivity index (χ2n) is 20.6. The molecule has 0 aliphatic rings. The molecule has 0 aromatic heterocycles. The first kappa shape index (κ1) is 60.1. The fourth-order valence-electron chi connectivity index (χ4n) is 11.9. The van der Waals surface area contributed by atoms with E-state index in [1.54, 1.807) is 0 Å². The molecular formula is C68H96N6S2. The summed E-state index contributed by atoms with van der Waals surface area (Å²) in [6.07, 6.45) is 0. The van der Waals surface area contributed by atoms with Crippen LogP contribution in [0.15, 0.2) is 109 Å². The maximum absolute atomic E-state index is 2.58. The first-order valence-corrected chi connectivity index (χ1v) is 31.3. The van der Waals surface area contributed by atoms with Gasteiger partial charge in [0.25, 0.3) is 0 Å². The van der Waals surface area contributed by atoms with Crippen LogP contribution in [0.5, 0.6) is 0 Å². The second-order valence-corrected chi connectivity index (χ2v) is 23.1. The fourth-order valence-corrected chi connectivity index (χ4v) is 16.4. The molecule has 0 saturated heterocycles. The second kappa shape index (κ2) is 26.9. The maximum Gasteiger partial charge on any atom is 0.102 e. The van der Waals surface area contributed by atoms with Gasteiger partial charge in [0.1, 0.15) is 9.49 Å². The summed E-state index contributed by atoms with van der Waals surface area (Å²) < 4.78 is -1.47. The van der Waals surface area contributed by atoms with Gasteiger partial charge in [-0.25, -0.2) is 0 Å². The van der Waals surface area contributed by atoms with Crippen molar-refractivity contribution in [3.8, 4) is 0 Å². The molecule has 6 rings (SSSR count). The van der Waals surface area contributed by atoms with Gasteiger partial charge in [0.05, 0.1) is 0 Å². The molecule has 0 radical (unpaired) electrons. The van der Waals surface area contributed by atoms with Crippen LogP contribution in [0.4, 0.5) is 34.1 Å². The molecule has 0 atom stereocenters. The van der Waals surface area contributed by atoms with Gasteiger partial charge in [0.15, 0.2) is 0 Å². The Hall–Kier alpha value is -5.18. The molecule has 0 heterocycles. The maximum atomic E-state index is 2.58. The molecule has 6 aromatic carbocycles. The normalized spacial score (nSPS) is 11.8. The fraction of sp³-hybridized carbons (Fsp3) is 0.471. The highest BCUT2D eigenvalue weighted by Crippen LogP contribution is 2.65. The van der Waals surface area contributed by atoms with Crippen molar-refractivity contribution in [3.63, 3.8) is 0 Å². The summed E-state index contributed by atoms with van der Waals surface area (Å²) in [6.45, 7) is 52.9. The Morgan fingerprint density at radius 2 is 0.368 bits per heavy atom. The largest absolute Gasteiger partial charge is 0.372 e. The number of hydrogen-bond acceptors (Lipinski definition) is 8. The van der Waals surface area contributed by atoms with Crippen LogP contribution in [0.25, 0.3) is 0 Å². The van der Waals surface area contributed by atoms with Crippen LogP contribution in [0.3, 0.4) is 0 Å². The number of benzene rings is 6. The molecule has 0 aliphatic heterocycles. The van der Waals surface area contributed by atoms with E-state index in [2.05, 4.69) is 285 Å². The van der Waals surface area contributed by atoms with Crippen molar-refractivity contribution < 1.29 is 0 Å². The van der Waals surface area contributed by atoms with E-state index in [0.717, 1.165) is 78.5 Å². The standard InChI is InChI=1S/C68H96N6S2/c1-19-69(20-2)55-37-31-49(13)61(43-55)67(62-44-56(38-32-50(62)14)70(21-3)22-4,63-45-57(39-33-51(63)15)71(23-5)24-6)75-76-68(64-46-58(40-34-52(64)16)72(25-7)26-8,65-47-59(41-35-53(65)17)73(27-9)28-10)66-48-60(42-36-54(66)18)74(29-11)30-12/h31-48H,19-30H2,1-18H3. The van der Waals surface area contributed by atoms with Gasteiger partial charge in [-0.05, 0) is 264 Å². The summed E-state index contributed by atoms with van der Waals surface area (Å²) in [4.78, 5) is 15.2. The molecule has 0 saturated carbocycles. The van der Waals surface area contributed by atoms with E-state index in [9.17, 15) is 0 Å². The minimum Gasteiger partial charge on any atom is -0.372 e. The third-order valence-corrected chi connectivity index (χ3v) is 20.3. The van der Waals surface area contributed by atoms with Crippen LogP contribution in [-0.4, -0.2) is 78.5 Å². The zero-order chi connectivity index (χ0) is 55.5. The average Bonchev–Trinajstić information content (AvgIpc) is 3.54. The van der Waals surface area contributed by atoms with E-state index in [4.69, 9.17) is 0 Å². The lowest BCUT2D eigenvalue weighted by molar-refractivity contribution is 0.826. The number of rotatable bonds is 27. The van der Waals surface area contributed by atoms with Crippen molar-refractivity contribution in [1.29, 1.82) is 0 Å². The lowest BCUT2D eigenvalue weighted by atomic mass is 9.78. The molecule has 0 unspecified atom stereocenters. The van der Waals surface area contributed by atoms with Gasteiger partial charge in [0, 0.05) is 113 Å². The molecule has 6 nitrogen and oxygen atoms in total. The van der Waals surface area contributed by atoms with Gasteiger partial charge in [-0.3, -0.25) is 0 Å². The zero-order valence-electron chi connectivity index (χ0n) is 50.4. The van der Waals surface area contributed by atoms with Crippen molar-refractivity contribution in [2.75, 3.05) is 108 Å². The molecule has 8 heteroatoms. The molecule has 0 N–H and O–H groups in total. The lowest BCUT2D eigenvalue weighted by Crippen LogP contribution is -2.34. The van der Waals surface area contributed by atoms with E-state index in [0.29, 0.717) is 0 Å². The SMILES string of the molecule is CCN(CC)c1ccc(C)c(C(SSC(c2cc(N(CC)CC)ccc2C)(c2cc(N(CC)CC)ccc2C)c2cc(N(CC)CC)ccc2C)(c2cc(N(CC)CC)ccc2C)c2cc(N(CC)CC)ccc2C)c1. The minimum absolute atomic E-state index is 0.733. The van der Waals surface area contributed by atoms with Gasteiger partial charge in [-0.15, -0.1) is 0 Å². The summed E-state index contributed by atoms with van der Waals surface area (Å²) in [6, 6.07) is 44.1. The highest BCUT2D eigenvalue weighted by atomic mass is 33.1. The van der Waals surface area contributed by atoms with E-state index in [1.165, 1.54) is 101 Å². The van der Waals surface area contributed by atoms with Crippen molar-refractivity contribution in [1.82, 2.24) is 0 Å². The van der Waals surface area contributed by atoms with Crippen LogP contribution >= 0.6 is 21.6 Å². The predicted molar refractivity (Wildman–Crippen MR) is 343 cm³/mol. The molecule has 6 aromatic rings. The Kier molecular flexibility index (Phi) is 21.3. The molecular weight excluding hydrogens is 965 g/mol. The Morgan fingerprint density at radius 1 is 0.237 bits per heavy atom. The van der Waals surface area contributed by atoms with Crippen molar-refractivity contribution >= 4 is 55.7 Å². The molecule has 410 valence electrons. The third-order valence-electron chi connectivity index (χ3n) is 16.7. The summed E-state index contributed by atoms with van der Waals surface area (Å²) in [5.41, 5.74) is 23.3. The smallest absolute Gasteiger partial charge is 0.102 e. The topological polar surface area (TPSA) is 19.4 Å². The van der Waals surface area contributed by atoms with Gasteiger partial charge in [0.2, 0.25) is 0 Å². The Balaban J connectivity index is 1.97. The van der Waals surface area contributed by atoms with Crippen LogP contribution in [-0.2, 0) is 9.49 Å². The summed E-state index contributed by atoms with van der Waals surface area (Å²) in [5, 5.41) is 0. The lowest BCUT2D eigenvalue weighted by Gasteiger charge is -2.45. The summed E-state index contributed by atoms with van der Waals surface area (Å²) in [7, 11) is 4.19. The highest BCUT2D eigenvalue weighted by molar-refractivity contribution is 8.77. The first-order chi connectivity index (χ1) is 36.6. The monoisotopic (exact) mass is 1060 g/mol. The van der Waals surface area contributed by atoms with E-state index < -0.39 is 9.49 Å². The van der Waals surface area contributed by atoms with Crippen molar-refractivity contribution in [3.05, 3.63) is 176 Å². The van der Waals surface area contributed by atoms with E-state index in [1.807, 2.05) is 0 Å². The predicted octanol–water partition coefficient (Wildman–Crippen LogP) is 17.3. The Bertz CT molecular complexity index is 2340. The number of hydrogen-bond donors (Lipinski definition) is 0. The minimum atomic E-state index is -0.733. The Morgan fingerprint density at radius 3 is 0.487 bits per heavy atom. The third kappa shape index (κ3) is 11.8.